The minimum Gasteiger partial charge on any atom is -0.490 e. The lowest BCUT2D eigenvalue weighted by Gasteiger charge is -2.23. The summed E-state index contributed by atoms with van der Waals surface area (Å²) in [5, 5.41) is 15.5. The number of carbonyl (C=O) groups excluding carboxylic acids is 1. The molecule has 12 heteroatoms. The van der Waals surface area contributed by atoms with Gasteiger partial charge in [-0.2, -0.15) is 18.3 Å². The highest BCUT2D eigenvalue weighted by atomic mass is 35.5. The minimum absolute atomic E-state index is 0.113. The quantitative estimate of drug-likeness (QED) is 0.522. The van der Waals surface area contributed by atoms with Crippen LogP contribution in [-0.4, -0.2) is 53.1 Å². The fourth-order valence-electron chi connectivity index (χ4n) is 3.29. The number of carboxylic acids is 1. The van der Waals surface area contributed by atoms with Crippen molar-refractivity contribution in [3.63, 3.8) is 0 Å². The second kappa shape index (κ2) is 10.3. The Kier molecular flexibility index (Phi) is 7.59. The molecule has 1 aliphatic rings. The largest absolute Gasteiger partial charge is 0.490 e. The molecule has 0 spiro atoms. The number of halogens is 4. The summed E-state index contributed by atoms with van der Waals surface area (Å²) in [6, 6.07) is 13.1. The zero-order chi connectivity index (χ0) is 25.9. The summed E-state index contributed by atoms with van der Waals surface area (Å²) in [6.07, 6.45) is -5.08. The number of benzene rings is 2. The van der Waals surface area contributed by atoms with E-state index in [2.05, 4.69) is 10.4 Å². The van der Waals surface area contributed by atoms with Crippen LogP contribution in [0.3, 0.4) is 0 Å². The Morgan fingerprint density at radius 1 is 1.20 bits per heavy atom. The van der Waals surface area contributed by atoms with Crippen LogP contribution in [0.25, 0.3) is 5.69 Å². The molecule has 1 amide bonds. The molecule has 0 saturated carbocycles. The average molecular weight is 511 g/mol. The zero-order valence-corrected chi connectivity index (χ0v) is 19.7. The van der Waals surface area contributed by atoms with E-state index in [1.807, 2.05) is 50.2 Å². The number of aryl methyl sites for hydroxylation is 1. The molecular formula is C23H22ClF3N4O4. The number of rotatable bonds is 3. The van der Waals surface area contributed by atoms with Crippen molar-refractivity contribution >= 4 is 34.9 Å². The van der Waals surface area contributed by atoms with Crippen LogP contribution in [0.15, 0.2) is 42.5 Å². The number of anilines is 2. The third kappa shape index (κ3) is 5.86. The lowest BCUT2D eigenvalue weighted by molar-refractivity contribution is -0.192. The summed E-state index contributed by atoms with van der Waals surface area (Å²) in [5.74, 6) is -2.11. The van der Waals surface area contributed by atoms with E-state index >= 15 is 0 Å². The van der Waals surface area contributed by atoms with Gasteiger partial charge in [0, 0.05) is 30.9 Å². The van der Waals surface area contributed by atoms with Gasteiger partial charge in [0.25, 0.3) is 5.91 Å². The molecule has 0 saturated heterocycles. The minimum atomic E-state index is -5.08. The van der Waals surface area contributed by atoms with Crippen LogP contribution < -0.4 is 15.0 Å². The van der Waals surface area contributed by atoms with Crippen LogP contribution in [0.4, 0.5) is 24.5 Å². The van der Waals surface area contributed by atoms with Gasteiger partial charge in [-0.25, -0.2) is 9.48 Å². The molecule has 8 nitrogen and oxygen atoms in total. The SMILES string of the molecule is Cc1nn(-c2cccc(C(=O)N(C)c3ccc4c(c3)OCCN4)c2)c(C)c1Cl.O=C(O)C(F)(F)F. The van der Waals surface area contributed by atoms with E-state index in [1.165, 1.54) is 0 Å². The lowest BCUT2D eigenvalue weighted by atomic mass is 10.1. The summed E-state index contributed by atoms with van der Waals surface area (Å²) in [5.41, 5.74) is 4.68. The Morgan fingerprint density at radius 3 is 2.49 bits per heavy atom. The van der Waals surface area contributed by atoms with Gasteiger partial charge in [-0.1, -0.05) is 17.7 Å². The van der Waals surface area contributed by atoms with Gasteiger partial charge in [0.05, 0.1) is 27.8 Å². The average Bonchev–Trinajstić information content (AvgIpc) is 3.10. The maximum absolute atomic E-state index is 13.1. The van der Waals surface area contributed by atoms with E-state index in [4.69, 9.17) is 26.2 Å². The van der Waals surface area contributed by atoms with Crippen molar-refractivity contribution < 1.29 is 32.6 Å². The number of nitrogens with one attached hydrogen (secondary N) is 1. The molecular weight excluding hydrogens is 489 g/mol. The molecule has 2 heterocycles. The van der Waals surface area contributed by atoms with Crippen molar-refractivity contribution in [3.05, 3.63) is 64.4 Å². The molecule has 2 aromatic carbocycles. The number of aromatic nitrogens is 2. The van der Waals surface area contributed by atoms with Crippen LogP contribution in [0.2, 0.25) is 5.02 Å². The third-order valence-electron chi connectivity index (χ3n) is 5.12. The van der Waals surface area contributed by atoms with Crippen LogP contribution in [0.1, 0.15) is 21.7 Å². The molecule has 3 aromatic rings. The van der Waals surface area contributed by atoms with Crippen LogP contribution in [-0.2, 0) is 4.79 Å². The van der Waals surface area contributed by atoms with Crippen molar-refractivity contribution in [1.29, 1.82) is 0 Å². The maximum Gasteiger partial charge on any atom is 0.490 e. The van der Waals surface area contributed by atoms with Gasteiger partial charge in [0.15, 0.2) is 0 Å². The fraction of sp³-hybridized carbons (Fsp3) is 0.261. The van der Waals surface area contributed by atoms with Gasteiger partial charge in [-0.15, -0.1) is 0 Å². The van der Waals surface area contributed by atoms with Crippen molar-refractivity contribution in [3.8, 4) is 11.4 Å². The Balaban J connectivity index is 0.000000429. The van der Waals surface area contributed by atoms with Gasteiger partial charge in [-0.05, 0) is 44.2 Å². The molecule has 0 unspecified atom stereocenters. The first-order valence-corrected chi connectivity index (χ1v) is 10.7. The summed E-state index contributed by atoms with van der Waals surface area (Å²) in [7, 11) is 1.76. The van der Waals surface area contributed by atoms with Crippen molar-refractivity contribution in [1.82, 2.24) is 9.78 Å². The Labute approximate surface area is 203 Å². The van der Waals surface area contributed by atoms with Gasteiger partial charge >= 0.3 is 12.1 Å². The first-order chi connectivity index (χ1) is 16.4. The highest BCUT2D eigenvalue weighted by molar-refractivity contribution is 6.31. The van der Waals surface area contributed by atoms with E-state index in [-0.39, 0.29) is 5.91 Å². The van der Waals surface area contributed by atoms with Crippen LogP contribution in [0, 0.1) is 13.8 Å². The van der Waals surface area contributed by atoms with Crippen LogP contribution >= 0.6 is 11.6 Å². The number of carbonyl (C=O) groups is 2. The van der Waals surface area contributed by atoms with E-state index < -0.39 is 12.1 Å². The number of fused-ring (bicyclic) bond motifs is 1. The van der Waals surface area contributed by atoms with Crippen molar-refractivity contribution in [2.45, 2.75) is 20.0 Å². The predicted molar refractivity (Wildman–Crippen MR) is 125 cm³/mol. The highest BCUT2D eigenvalue weighted by Crippen LogP contribution is 2.32. The number of ether oxygens (including phenoxy) is 1. The number of hydrogen-bond acceptors (Lipinski definition) is 5. The van der Waals surface area contributed by atoms with Crippen molar-refractivity contribution in [2.75, 3.05) is 30.4 Å². The second-order valence-corrected chi connectivity index (χ2v) is 7.95. The summed E-state index contributed by atoms with van der Waals surface area (Å²) < 4.78 is 39.2. The van der Waals surface area contributed by atoms with Gasteiger partial charge in [0.2, 0.25) is 0 Å². The second-order valence-electron chi connectivity index (χ2n) is 7.57. The lowest BCUT2D eigenvalue weighted by Crippen LogP contribution is -2.27. The predicted octanol–water partition coefficient (Wildman–Crippen LogP) is 4.86. The molecule has 4 rings (SSSR count). The molecule has 35 heavy (non-hydrogen) atoms. The molecule has 1 aromatic heterocycles. The summed E-state index contributed by atoms with van der Waals surface area (Å²) in [4.78, 5) is 23.6. The molecule has 0 aliphatic carbocycles. The number of aliphatic carboxylic acids is 1. The van der Waals surface area contributed by atoms with E-state index in [9.17, 15) is 18.0 Å². The molecule has 1 aliphatic heterocycles. The maximum atomic E-state index is 13.1. The number of alkyl halides is 3. The molecule has 0 atom stereocenters. The van der Waals surface area contributed by atoms with Gasteiger partial charge < -0.3 is 20.1 Å². The van der Waals surface area contributed by atoms with E-state index in [0.717, 1.165) is 40.7 Å². The Morgan fingerprint density at radius 2 is 1.89 bits per heavy atom. The van der Waals surface area contributed by atoms with E-state index in [1.54, 1.807) is 22.7 Å². The standard InChI is InChI=1S/C21H21ClN4O2.C2HF3O2/c1-13-20(22)14(2)26(24-13)17-6-4-5-15(11-17)21(27)25(3)16-7-8-18-19(12-16)28-10-9-23-18;3-2(4,5)1(6)7/h4-8,11-12,23H,9-10H2,1-3H3;(H,6,7). The van der Waals surface area contributed by atoms with Crippen molar-refractivity contribution in [2.24, 2.45) is 0 Å². The topological polar surface area (TPSA) is 96.7 Å². The zero-order valence-electron chi connectivity index (χ0n) is 19.0. The fourth-order valence-corrected chi connectivity index (χ4v) is 3.41. The van der Waals surface area contributed by atoms with Gasteiger partial charge in [0.1, 0.15) is 12.4 Å². The number of carboxylic acid groups (broad SMARTS) is 1. The third-order valence-corrected chi connectivity index (χ3v) is 5.66. The first kappa shape index (κ1) is 25.9. The molecule has 186 valence electrons. The first-order valence-electron chi connectivity index (χ1n) is 10.3. The smallest absolute Gasteiger partial charge is 0.490 e. The molecule has 0 fully saturated rings. The molecule has 2 N–H and O–H groups in total. The van der Waals surface area contributed by atoms with Crippen LogP contribution in [0.5, 0.6) is 5.75 Å². The van der Waals surface area contributed by atoms with E-state index in [0.29, 0.717) is 17.2 Å². The normalized spacial score (nSPS) is 12.4. The molecule has 0 bridgehead atoms. The monoisotopic (exact) mass is 510 g/mol. The Hall–Kier alpha value is -3.73. The highest BCUT2D eigenvalue weighted by Gasteiger charge is 2.38. The summed E-state index contributed by atoms with van der Waals surface area (Å²) in [6.45, 7) is 5.16. The number of hydrogen-bond donors (Lipinski definition) is 2. The molecule has 0 radical (unpaired) electrons. The Bertz CT molecular complexity index is 1260. The number of nitrogens with zero attached hydrogens (tertiary/aromatic N) is 3. The summed E-state index contributed by atoms with van der Waals surface area (Å²) >= 11 is 6.26. The number of amides is 1. The van der Waals surface area contributed by atoms with Gasteiger partial charge in [-0.3, -0.25) is 4.79 Å².